The number of ether oxygens (including phenoxy) is 1. The topological polar surface area (TPSA) is 38.7 Å². The molecule has 0 heterocycles. The Morgan fingerprint density at radius 3 is 2.64 bits per heavy atom. The molecule has 0 atom stereocenters. The van der Waals surface area contributed by atoms with E-state index in [1.54, 1.807) is 0 Å². The molecule has 1 aliphatic rings. The van der Waals surface area contributed by atoms with Crippen molar-refractivity contribution in [1.82, 2.24) is 0 Å². The maximum absolute atomic E-state index is 10.1. The second-order valence-electron chi connectivity index (χ2n) is 3.65. The SMILES string of the molecule is O=NC1CC(OCc2ccccc2)C1. The molecule has 74 valence electrons. The molecule has 0 amide bonds. The van der Waals surface area contributed by atoms with Gasteiger partial charge in [-0.25, -0.2) is 0 Å². The molecule has 1 saturated carbocycles. The predicted octanol–water partition coefficient (Wildman–Crippen LogP) is 2.50. The maximum Gasteiger partial charge on any atom is 0.0969 e. The summed E-state index contributed by atoms with van der Waals surface area (Å²) in [6, 6.07) is 10.0. The largest absolute Gasteiger partial charge is 0.373 e. The fraction of sp³-hybridized carbons (Fsp3) is 0.455. The Morgan fingerprint density at radius 1 is 1.29 bits per heavy atom. The zero-order chi connectivity index (χ0) is 9.80. The summed E-state index contributed by atoms with van der Waals surface area (Å²) in [4.78, 5) is 10.1. The number of hydrogen-bond acceptors (Lipinski definition) is 3. The minimum atomic E-state index is -0.00391. The molecule has 0 N–H and O–H groups in total. The highest BCUT2D eigenvalue weighted by atomic mass is 16.5. The molecule has 1 fully saturated rings. The predicted molar refractivity (Wildman–Crippen MR) is 53.8 cm³/mol. The van der Waals surface area contributed by atoms with Gasteiger partial charge in [0.15, 0.2) is 0 Å². The van der Waals surface area contributed by atoms with Gasteiger partial charge in [-0.2, -0.15) is 4.91 Å². The van der Waals surface area contributed by atoms with Gasteiger partial charge in [0.1, 0.15) is 0 Å². The Morgan fingerprint density at radius 2 is 2.00 bits per heavy atom. The van der Waals surface area contributed by atoms with Crippen LogP contribution in [0.4, 0.5) is 0 Å². The van der Waals surface area contributed by atoms with E-state index in [9.17, 15) is 4.91 Å². The molecule has 2 rings (SSSR count). The van der Waals surface area contributed by atoms with Crippen LogP contribution in [0.1, 0.15) is 18.4 Å². The van der Waals surface area contributed by atoms with Crippen molar-refractivity contribution in [2.24, 2.45) is 5.18 Å². The van der Waals surface area contributed by atoms with Crippen LogP contribution in [0.3, 0.4) is 0 Å². The number of benzene rings is 1. The van der Waals surface area contributed by atoms with Gasteiger partial charge in [0.2, 0.25) is 0 Å². The van der Waals surface area contributed by atoms with Crippen molar-refractivity contribution in [3.8, 4) is 0 Å². The Kier molecular flexibility index (Phi) is 2.89. The third kappa shape index (κ3) is 2.17. The van der Waals surface area contributed by atoms with E-state index in [2.05, 4.69) is 5.18 Å². The average Bonchev–Trinajstić information content (AvgIpc) is 2.17. The molecule has 1 aromatic rings. The minimum absolute atomic E-state index is 0.00391. The first kappa shape index (κ1) is 9.34. The third-order valence-electron chi connectivity index (χ3n) is 2.55. The lowest BCUT2D eigenvalue weighted by Crippen LogP contribution is -2.33. The lowest BCUT2D eigenvalue weighted by atomic mass is 9.90. The van der Waals surface area contributed by atoms with Gasteiger partial charge in [0.05, 0.1) is 18.8 Å². The van der Waals surface area contributed by atoms with E-state index in [0.717, 1.165) is 12.8 Å². The maximum atomic E-state index is 10.1. The van der Waals surface area contributed by atoms with Gasteiger partial charge in [0, 0.05) is 0 Å². The van der Waals surface area contributed by atoms with Gasteiger partial charge >= 0.3 is 0 Å². The molecular formula is C11H13NO2. The highest BCUT2D eigenvalue weighted by Crippen LogP contribution is 2.26. The quantitative estimate of drug-likeness (QED) is 0.686. The summed E-state index contributed by atoms with van der Waals surface area (Å²) in [5.41, 5.74) is 1.18. The molecular weight excluding hydrogens is 178 g/mol. The summed E-state index contributed by atoms with van der Waals surface area (Å²) in [5, 5.41) is 2.97. The van der Waals surface area contributed by atoms with Gasteiger partial charge in [-0.15, -0.1) is 0 Å². The van der Waals surface area contributed by atoms with Crippen molar-refractivity contribution in [2.45, 2.75) is 31.6 Å². The van der Waals surface area contributed by atoms with Crippen LogP contribution < -0.4 is 0 Å². The van der Waals surface area contributed by atoms with Crippen molar-refractivity contribution in [2.75, 3.05) is 0 Å². The van der Waals surface area contributed by atoms with E-state index in [4.69, 9.17) is 4.74 Å². The summed E-state index contributed by atoms with van der Waals surface area (Å²) in [7, 11) is 0. The van der Waals surface area contributed by atoms with Crippen LogP contribution in [0.5, 0.6) is 0 Å². The monoisotopic (exact) mass is 191 g/mol. The van der Waals surface area contributed by atoms with Crippen LogP contribution in [0.15, 0.2) is 35.5 Å². The summed E-state index contributed by atoms with van der Waals surface area (Å²) in [6.45, 7) is 0.636. The summed E-state index contributed by atoms with van der Waals surface area (Å²) in [5.74, 6) is 0. The van der Waals surface area contributed by atoms with Crippen molar-refractivity contribution in [3.05, 3.63) is 40.8 Å². The number of rotatable bonds is 4. The molecule has 0 bridgehead atoms. The standard InChI is InChI=1S/C11H13NO2/c13-12-10-6-11(7-10)14-8-9-4-2-1-3-5-9/h1-5,10-11H,6-8H2. The van der Waals surface area contributed by atoms with E-state index in [-0.39, 0.29) is 12.1 Å². The van der Waals surface area contributed by atoms with Gasteiger partial charge < -0.3 is 4.74 Å². The molecule has 3 heteroatoms. The fourth-order valence-electron chi connectivity index (χ4n) is 1.55. The van der Waals surface area contributed by atoms with Crippen molar-refractivity contribution >= 4 is 0 Å². The van der Waals surface area contributed by atoms with Gasteiger partial charge in [0.25, 0.3) is 0 Å². The molecule has 0 spiro atoms. The summed E-state index contributed by atoms with van der Waals surface area (Å²) >= 11 is 0. The molecule has 14 heavy (non-hydrogen) atoms. The second-order valence-corrected chi connectivity index (χ2v) is 3.65. The number of hydrogen-bond donors (Lipinski definition) is 0. The van der Waals surface area contributed by atoms with E-state index in [1.165, 1.54) is 5.56 Å². The highest BCUT2D eigenvalue weighted by Gasteiger charge is 2.30. The average molecular weight is 191 g/mol. The number of nitroso groups, excluding NO2 is 1. The van der Waals surface area contributed by atoms with Crippen LogP contribution in [0.2, 0.25) is 0 Å². The molecule has 0 aliphatic heterocycles. The summed E-state index contributed by atoms with van der Waals surface area (Å²) in [6.07, 6.45) is 1.81. The van der Waals surface area contributed by atoms with Gasteiger partial charge in [-0.05, 0) is 18.4 Å². The zero-order valence-corrected chi connectivity index (χ0v) is 7.93. The van der Waals surface area contributed by atoms with Crippen molar-refractivity contribution in [1.29, 1.82) is 0 Å². The van der Waals surface area contributed by atoms with E-state index >= 15 is 0 Å². The first-order valence-electron chi connectivity index (χ1n) is 4.86. The first-order chi connectivity index (χ1) is 6.88. The molecule has 0 radical (unpaired) electrons. The van der Waals surface area contributed by atoms with Crippen LogP contribution in [-0.2, 0) is 11.3 Å². The van der Waals surface area contributed by atoms with Crippen LogP contribution in [0.25, 0.3) is 0 Å². The Balaban J connectivity index is 1.72. The fourth-order valence-corrected chi connectivity index (χ4v) is 1.55. The molecule has 1 aromatic carbocycles. The third-order valence-corrected chi connectivity index (χ3v) is 2.55. The van der Waals surface area contributed by atoms with E-state index in [1.807, 2.05) is 30.3 Å². The van der Waals surface area contributed by atoms with Crippen LogP contribution >= 0.6 is 0 Å². The lowest BCUT2D eigenvalue weighted by Gasteiger charge is -2.30. The molecule has 0 aromatic heterocycles. The zero-order valence-electron chi connectivity index (χ0n) is 7.93. The van der Waals surface area contributed by atoms with E-state index < -0.39 is 0 Å². The minimum Gasteiger partial charge on any atom is -0.373 e. The molecule has 0 saturated heterocycles. The highest BCUT2D eigenvalue weighted by molar-refractivity contribution is 5.13. The summed E-state index contributed by atoms with van der Waals surface area (Å²) < 4.78 is 5.60. The normalized spacial score (nSPS) is 25.4. The Hall–Kier alpha value is -1.22. The molecule has 3 nitrogen and oxygen atoms in total. The Labute approximate surface area is 83.1 Å². The van der Waals surface area contributed by atoms with E-state index in [0.29, 0.717) is 6.61 Å². The van der Waals surface area contributed by atoms with Crippen LogP contribution in [-0.4, -0.2) is 12.1 Å². The lowest BCUT2D eigenvalue weighted by molar-refractivity contribution is -0.0186. The van der Waals surface area contributed by atoms with Crippen molar-refractivity contribution in [3.63, 3.8) is 0 Å². The van der Waals surface area contributed by atoms with Crippen LogP contribution in [0, 0.1) is 4.91 Å². The van der Waals surface area contributed by atoms with Gasteiger partial charge in [-0.1, -0.05) is 35.5 Å². The molecule has 1 aliphatic carbocycles. The second kappa shape index (κ2) is 4.33. The first-order valence-corrected chi connectivity index (χ1v) is 4.86. The smallest absolute Gasteiger partial charge is 0.0969 e. The number of nitrogens with zero attached hydrogens (tertiary/aromatic N) is 1. The molecule has 0 unspecified atom stereocenters. The Bertz CT molecular complexity index is 293. The van der Waals surface area contributed by atoms with Gasteiger partial charge in [-0.3, -0.25) is 0 Å². The van der Waals surface area contributed by atoms with Crippen molar-refractivity contribution < 1.29 is 4.74 Å².